The van der Waals surface area contributed by atoms with Crippen LogP contribution in [0.15, 0.2) is 48.5 Å². The Labute approximate surface area is 205 Å². The van der Waals surface area contributed by atoms with Crippen LogP contribution in [0.25, 0.3) is 0 Å². The molecule has 4 heteroatoms. The number of hydrogen-bond acceptors (Lipinski definition) is 3. The lowest BCUT2D eigenvalue weighted by Crippen LogP contribution is -2.46. The third-order valence-electron chi connectivity index (χ3n) is 8.19. The monoisotopic (exact) mass is 460 g/mol. The van der Waals surface area contributed by atoms with Gasteiger partial charge in [-0.1, -0.05) is 81.3 Å². The molecule has 34 heavy (non-hydrogen) atoms. The van der Waals surface area contributed by atoms with E-state index in [9.17, 15) is 4.79 Å². The normalized spacial score (nSPS) is 20.5. The minimum atomic E-state index is -0.303. The average Bonchev–Trinajstić information content (AvgIpc) is 2.84. The van der Waals surface area contributed by atoms with Crippen LogP contribution in [-0.4, -0.2) is 36.5 Å². The molecule has 1 saturated carbocycles. The first-order valence-electron chi connectivity index (χ1n) is 13.7. The molecule has 0 bridgehead atoms. The van der Waals surface area contributed by atoms with E-state index < -0.39 is 0 Å². The maximum Gasteiger partial charge on any atom is 0.232 e. The zero-order chi connectivity index (χ0) is 23.2. The molecule has 0 spiro atoms. The Morgan fingerprint density at radius 1 is 0.824 bits per heavy atom. The molecule has 1 saturated heterocycles. The van der Waals surface area contributed by atoms with Crippen molar-refractivity contribution in [3.63, 3.8) is 0 Å². The van der Waals surface area contributed by atoms with Crippen LogP contribution in [-0.2, 0) is 4.79 Å². The van der Waals surface area contributed by atoms with Gasteiger partial charge in [0.1, 0.15) is 11.5 Å². The SMILES string of the molecule is O=C(NC1CCN(CCCC2CCCCCCC2)CC1)C1c2ccccc2Oc2ccccc21. The highest BCUT2D eigenvalue weighted by molar-refractivity contribution is 5.89. The lowest BCUT2D eigenvalue weighted by molar-refractivity contribution is -0.122. The predicted molar refractivity (Wildman–Crippen MR) is 137 cm³/mol. The van der Waals surface area contributed by atoms with Crippen molar-refractivity contribution in [2.45, 2.75) is 82.6 Å². The summed E-state index contributed by atoms with van der Waals surface area (Å²) in [6.45, 7) is 3.41. The highest BCUT2D eigenvalue weighted by Crippen LogP contribution is 2.44. The van der Waals surface area contributed by atoms with Crippen molar-refractivity contribution >= 4 is 5.91 Å². The van der Waals surface area contributed by atoms with Crippen molar-refractivity contribution in [1.82, 2.24) is 10.2 Å². The molecule has 0 atom stereocenters. The van der Waals surface area contributed by atoms with Gasteiger partial charge in [0.2, 0.25) is 5.91 Å². The second kappa shape index (κ2) is 11.4. The van der Waals surface area contributed by atoms with Crippen molar-refractivity contribution < 1.29 is 9.53 Å². The van der Waals surface area contributed by atoms with Crippen LogP contribution in [0.5, 0.6) is 11.5 Å². The molecule has 1 aliphatic carbocycles. The molecule has 2 heterocycles. The highest BCUT2D eigenvalue weighted by atomic mass is 16.5. The third kappa shape index (κ3) is 5.66. The summed E-state index contributed by atoms with van der Waals surface area (Å²) in [5.41, 5.74) is 1.93. The Kier molecular flexibility index (Phi) is 7.85. The van der Waals surface area contributed by atoms with E-state index in [0.29, 0.717) is 0 Å². The van der Waals surface area contributed by atoms with E-state index in [-0.39, 0.29) is 17.9 Å². The first-order chi connectivity index (χ1) is 16.8. The molecule has 0 aromatic heterocycles. The van der Waals surface area contributed by atoms with Crippen LogP contribution < -0.4 is 10.1 Å². The van der Waals surface area contributed by atoms with Gasteiger partial charge in [-0.2, -0.15) is 0 Å². The average molecular weight is 461 g/mol. The maximum atomic E-state index is 13.5. The van der Waals surface area contributed by atoms with Gasteiger partial charge in [-0.15, -0.1) is 0 Å². The summed E-state index contributed by atoms with van der Waals surface area (Å²) in [5, 5.41) is 3.39. The second-order valence-electron chi connectivity index (χ2n) is 10.6. The number of hydrogen-bond donors (Lipinski definition) is 1. The molecule has 0 radical (unpaired) electrons. The molecule has 2 aromatic rings. The molecular formula is C30H40N2O2. The molecule has 3 aliphatic rings. The molecular weight excluding hydrogens is 420 g/mol. The Morgan fingerprint density at radius 3 is 2.06 bits per heavy atom. The van der Waals surface area contributed by atoms with Gasteiger partial charge in [0.25, 0.3) is 0 Å². The standard InChI is InChI=1S/C30H40N2O2/c33-30(29-25-14-6-8-16-27(25)34-28-17-9-7-15-26(28)29)31-24-18-21-32(22-19-24)20-10-13-23-11-4-2-1-3-5-12-23/h6-9,14-17,23-24,29H,1-5,10-13,18-22H2,(H,31,33). The van der Waals surface area contributed by atoms with E-state index in [1.165, 1.54) is 64.3 Å². The van der Waals surface area contributed by atoms with E-state index in [1.807, 2.05) is 48.5 Å². The van der Waals surface area contributed by atoms with Gasteiger partial charge in [-0.25, -0.2) is 0 Å². The number of carbonyl (C=O) groups is 1. The van der Waals surface area contributed by atoms with E-state index in [4.69, 9.17) is 4.74 Å². The Balaban J connectivity index is 1.11. The van der Waals surface area contributed by atoms with E-state index in [2.05, 4.69) is 10.2 Å². The molecule has 5 rings (SSSR count). The van der Waals surface area contributed by atoms with E-state index in [1.54, 1.807) is 0 Å². The number of fused-ring (bicyclic) bond motifs is 2. The second-order valence-corrected chi connectivity index (χ2v) is 10.6. The minimum absolute atomic E-state index is 0.103. The van der Waals surface area contributed by atoms with Crippen LogP contribution in [0.3, 0.4) is 0 Å². The quantitative estimate of drug-likeness (QED) is 0.525. The minimum Gasteiger partial charge on any atom is -0.457 e. The zero-order valence-corrected chi connectivity index (χ0v) is 20.5. The van der Waals surface area contributed by atoms with Crippen LogP contribution in [0.1, 0.15) is 87.7 Å². The molecule has 182 valence electrons. The van der Waals surface area contributed by atoms with Gasteiger partial charge in [-0.3, -0.25) is 4.79 Å². The molecule has 2 aromatic carbocycles. The number of nitrogens with one attached hydrogen (secondary N) is 1. The Bertz CT molecular complexity index is 897. The van der Waals surface area contributed by atoms with Crippen LogP contribution in [0.2, 0.25) is 0 Å². The van der Waals surface area contributed by atoms with Crippen molar-refractivity contribution in [3.8, 4) is 11.5 Å². The lowest BCUT2D eigenvalue weighted by Gasteiger charge is -2.34. The number of para-hydroxylation sites is 2. The number of amides is 1. The third-order valence-corrected chi connectivity index (χ3v) is 8.19. The summed E-state index contributed by atoms with van der Waals surface area (Å²) in [4.78, 5) is 16.1. The number of benzene rings is 2. The summed E-state index contributed by atoms with van der Waals surface area (Å²) in [5.74, 6) is 2.34. The van der Waals surface area contributed by atoms with Gasteiger partial charge in [0.15, 0.2) is 0 Å². The van der Waals surface area contributed by atoms with Crippen LogP contribution in [0, 0.1) is 5.92 Å². The number of likely N-dealkylation sites (tertiary alicyclic amines) is 1. The maximum absolute atomic E-state index is 13.5. The number of carbonyl (C=O) groups excluding carboxylic acids is 1. The van der Waals surface area contributed by atoms with E-state index in [0.717, 1.165) is 54.5 Å². The predicted octanol–water partition coefficient (Wildman–Crippen LogP) is 6.65. The molecule has 1 amide bonds. The first-order valence-corrected chi connectivity index (χ1v) is 13.7. The van der Waals surface area contributed by atoms with Gasteiger partial charge in [0, 0.05) is 30.3 Å². The molecule has 4 nitrogen and oxygen atoms in total. The first kappa shape index (κ1) is 23.4. The summed E-state index contributed by atoms with van der Waals surface area (Å²) < 4.78 is 6.07. The Hall–Kier alpha value is -2.33. The molecule has 2 aliphatic heterocycles. The molecule has 2 fully saturated rings. The van der Waals surface area contributed by atoms with E-state index >= 15 is 0 Å². The largest absolute Gasteiger partial charge is 0.457 e. The topological polar surface area (TPSA) is 41.6 Å². The lowest BCUT2D eigenvalue weighted by atomic mass is 9.86. The Morgan fingerprint density at radius 2 is 1.41 bits per heavy atom. The zero-order valence-electron chi connectivity index (χ0n) is 20.5. The van der Waals surface area contributed by atoms with Gasteiger partial charge >= 0.3 is 0 Å². The van der Waals surface area contributed by atoms with Crippen molar-refractivity contribution in [2.75, 3.05) is 19.6 Å². The smallest absolute Gasteiger partial charge is 0.232 e. The number of ether oxygens (including phenoxy) is 1. The molecule has 1 N–H and O–H groups in total. The fourth-order valence-electron chi connectivity index (χ4n) is 6.21. The number of nitrogens with zero attached hydrogens (tertiary/aromatic N) is 1. The highest BCUT2D eigenvalue weighted by Gasteiger charge is 2.33. The fourth-order valence-corrected chi connectivity index (χ4v) is 6.21. The van der Waals surface area contributed by atoms with Gasteiger partial charge in [-0.05, 0) is 50.3 Å². The number of rotatable bonds is 6. The van der Waals surface area contributed by atoms with Gasteiger partial charge in [0.05, 0.1) is 5.92 Å². The van der Waals surface area contributed by atoms with Crippen LogP contribution in [0.4, 0.5) is 0 Å². The van der Waals surface area contributed by atoms with Crippen LogP contribution >= 0.6 is 0 Å². The summed E-state index contributed by atoms with van der Waals surface area (Å²) in [7, 11) is 0. The van der Waals surface area contributed by atoms with Gasteiger partial charge < -0.3 is 15.0 Å². The fraction of sp³-hybridized carbons (Fsp3) is 0.567. The summed E-state index contributed by atoms with van der Waals surface area (Å²) in [6.07, 6.45) is 14.9. The summed E-state index contributed by atoms with van der Waals surface area (Å²) >= 11 is 0. The summed E-state index contributed by atoms with van der Waals surface area (Å²) in [6, 6.07) is 16.1. The van der Waals surface area contributed by atoms with Crippen molar-refractivity contribution in [3.05, 3.63) is 59.7 Å². The van der Waals surface area contributed by atoms with Crippen molar-refractivity contribution in [1.29, 1.82) is 0 Å². The van der Waals surface area contributed by atoms with Crippen molar-refractivity contribution in [2.24, 2.45) is 5.92 Å². The number of piperidine rings is 1. The molecule has 0 unspecified atom stereocenters.